The van der Waals surface area contributed by atoms with Crippen LogP contribution in [-0.2, 0) is 4.79 Å². The third-order valence-corrected chi connectivity index (χ3v) is 4.44. The number of benzene rings is 1. The molecule has 0 spiro atoms. The molecule has 1 fully saturated rings. The molecule has 2 nitrogen and oxygen atoms in total. The minimum absolute atomic E-state index is 0.116. The zero-order chi connectivity index (χ0) is 14.5. The summed E-state index contributed by atoms with van der Waals surface area (Å²) in [6.07, 6.45) is 3.92. The van der Waals surface area contributed by atoms with Gasteiger partial charge in [0.25, 0.3) is 0 Å². The molecule has 0 bridgehead atoms. The lowest BCUT2D eigenvalue weighted by Gasteiger charge is -2.33. The second-order valence-corrected chi connectivity index (χ2v) is 6.34. The molecule has 0 saturated heterocycles. The van der Waals surface area contributed by atoms with Crippen LogP contribution in [0.15, 0.2) is 30.3 Å². The zero-order valence-corrected chi connectivity index (χ0v) is 13.1. The highest BCUT2D eigenvalue weighted by atomic mass is 32.1. The van der Waals surface area contributed by atoms with Gasteiger partial charge in [-0.2, -0.15) is 0 Å². The highest BCUT2D eigenvalue weighted by molar-refractivity contribution is 7.80. The van der Waals surface area contributed by atoms with Gasteiger partial charge in [0.2, 0.25) is 0 Å². The lowest BCUT2D eigenvalue weighted by Crippen LogP contribution is -2.47. The van der Waals surface area contributed by atoms with Crippen molar-refractivity contribution in [3.8, 4) is 0 Å². The summed E-state index contributed by atoms with van der Waals surface area (Å²) < 4.78 is 0. The van der Waals surface area contributed by atoms with E-state index in [0.717, 1.165) is 36.2 Å². The topological polar surface area (TPSA) is 29.1 Å². The minimum atomic E-state index is 0.116. The van der Waals surface area contributed by atoms with Gasteiger partial charge in [-0.25, -0.2) is 0 Å². The fourth-order valence-corrected chi connectivity index (χ4v) is 3.22. The van der Waals surface area contributed by atoms with E-state index in [1.165, 1.54) is 0 Å². The Hall–Kier alpha value is -1.22. The number of thiocarbonyl (C=S) groups is 1. The molecule has 0 aromatic heterocycles. The van der Waals surface area contributed by atoms with Crippen molar-refractivity contribution in [1.82, 2.24) is 5.32 Å². The maximum Gasteiger partial charge on any atom is 0.138 e. The molecule has 1 aliphatic carbocycles. The number of ketones is 1. The van der Waals surface area contributed by atoms with E-state index in [2.05, 4.69) is 19.2 Å². The van der Waals surface area contributed by atoms with Crippen molar-refractivity contribution < 1.29 is 4.79 Å². The molecular formula is C17H23NOS. The molecule has 2 unspecified atom stereocenters. The quantitative estimate of drug-likeness (QED) is 0.856. The van der Waals surface area contributed by atoms with Crippen LogP contribution < -0.4 is 5.32 Å². The van der Waals surface area contributed by atoms with Crippen LogP contribution >= 0.6 is 12.2 Å². The van der Waals surface area contributed by atoms with E-state index in [9.17, 15) is 4.79 Å². The molecule has 1 aromatic carbocycles. The Morgan fingerprint density at radius 1 is 1.25 bits per heavy atom. The fraction of sp³-hybridized carbons (Fsp3) is 0.529. The van der Waals surface area contributed by atoms with Gasteiger partial charge in [0.05, 0.1) is 0 Å². The van der Waals surface area contributed by atoms with E-state index in [0.29, 0.717) is 11.7 Å². The van der Waals surface area contributed by atoms with Crippen LogP contribution in [0.1, 0.15) is 45.1 Å². The molecular weight excluding hydrogens is 266 g/mol. The molecule has 0 aliphatic heterocycles. The number of nitrogens with one attached hydrogen (secondary N) is 1. The highest BCUT2D eigenvalue weighted by Crippen LogP contribution is 2.27. The van der Waals surface area contributed by atoms with Gasteiger partial charge in [0.1, 0.15) is 10.8 Å². The van der Waals surface area contributed by atoms with Crippen molar-refractivity contribution in [2.75, 3.05) is 0 Å². The van der Waals surface area contributed by atoms with Gasteiger partial charge in [0.15, 0.2) is 0 Å². The molecule has 1 aliphatic rings. The molecule has 2 atom stereocenters. The lowest BCUT2D eigenvalue weighted by molar-refractivity contribution is -0.125. The summed E-state index contributed by atoms with van der Waals surface area (Å²) in [5, 5.41) is 3.44. The first kappa shape index (κ1) is 15.2. The van der Waals surface area contributed by atoms with Crippen LogP contribution in [0.25, 0.3) is 0 Å². The first-order valence-corrected chi connectivity index (χ1v) is 7.89. The maximum absolute atomic E-state index is 12.2. The molecule has 1 aromatic rings. The van der Waals surface area contributed by atoms with Gasteiger partial charge in [-0.1, -0.05) is 62.8 Å². The smallest absolute Gasteiger partial charge is 0.138 e. The Bertz CT molecular complexity index is 469. The number of Topliss-reactive ketones (excluding diaryl/α,β-unsaturated/α-hetero) is 1. The molecule has 108 valence electrons. The number of hydrogen-bond donors (Lipinski definition) is 1. The van der Waals surface area contributed by atoms with Gasteiger partial charge < -0.3 is 5.32 Å². The number of rotatable bonds is 4. The van der Waals surface area contributed by atoms with Crippen LogP contribution in [0.4, 0.5) is 0 Å². The van der Waals surface area contributed by atoms with Gasteiger partial charge in [0, 0.05) is 23.9 Å². The summed E-state index contributed by atoms with van der Waals surface area (Å²) in [6.45, 7) is 4.32. The van der Waals surface area contributed by atoms with Crippen LogP contribution in [0.3, 0.4) is 0 Å². The van der Waals surface area contributed by atoms with Crippen molar-refractivity contribution >= 4 is 23.0 Å². The van der Waals surface area contributed by atoms with Gasteiger partial charge in [-0.3, -0.25) is 4.79 Å². The molecule has 2 rings (SSSR count). The summed E-state index contributed by atoms with van der Waals surface area (Å²) in [6, 6.07) is 10.1. The summed E-state index contributed by atoms with van der Waals surface area (Å²) in [7, 11) is 0. The van der Waals surface area contributed by atoms with Crippen molar-refractivity contribution in [3.05, 3.63) is 35.9 Å². The molecule has 1 N–H and O–H groups in total. The molecule has 0 radical (unpaired) electrons. The summed E-state index contributed by atoms with van der Waals surface area (Å²) >= 11 is 5.50. The maximum atomic E-state index is 12.2. The largest absolute Gasteiger partial charge is 0.372 e. The molecule has 0 amide bonds. The fourth-order valence-electron chi connectivity index (χ4n) is 2.95. The van der Waals surface area contributed by atoms with E-state index in [4.69, 9.17) is 12.2 Å². The Labute approximate surface area is 127 Å². The van der Waals surface area contributed by atoms with Gasteiger partial charge in [-0.05, 0) is 18.8 Å². The van der Waals surface area contributed by atoms with Gasteiger partial charge in [-0.15, -0.1) is 0 Å². The summed E-state index contributed by atoms with van der Waals surface area (Å²) in [4.78, 5) is 12.9. The summed E-state index contributed by atoms with van der Waals surface area (Å²) in [5.41, 5.74) is 1.02. The summed E-state index contributed by atoms with van der Waals surface area (Å²) in [5.74, 6) is 0.910. The third kappa shape index (κ3) is 3.66. The first-order valence-electron chi connectivity index (χ1n) is 7.48. The molecule has 1 saturated carbocycles. The molecule has 3 heteroatoms. The second-order valence-electron chi connectivity index (χ2n) is 5.93. The van der Waals surface area contributed by atoms with E-state index >= 15 is 0 Å². The van der Waals surface area contributed by atoms with E-state index in [1.807, 2.05) is 30.3 Å². The highest BCUT2D eigenvalue weighted by Gasteiger charge is 2.32. The minimum Gasteiger partial charge on any atom is -0.372 e. The Kier molecular flexibility index (Phi) is 5.30. The SMILES string of the molecule is CC(C)C(NC(=S)c1ccccc1)C1CCCCC1=O. The van der Waals surface area contributed by atoms with Gasteiger partial charge >= 0.3 is 0 Å². The Balaban J connectivity index is 2.09. The Morgan fingerprint density at radius 2 is 1.95 bits per heavy atom. The number of carbonyl (C=O) groups is 1. The van der Waals surface area contributed by atoms with E-state index < -0.39 is 0 Å². The molecule has 20 heavy (non-hydrogen) atoms. The van der Waals surface area contributed by atoms with E-state index in [1.54, 1.807) is 0 Å². The van der Waals surface area contributed by atoms with Crippen LogP contribution in [-0.4, -0.2) is 16.8 Å². The van der Waals surface area contributed by atoms with Crippen molar-refractivity contribution in [2.24, 2.45) is 11.8 Å². The second kappa shape index (κ2) is 6.98. The number of hydrogen-bond acceptors (Lipinski definition) is 2. The van der Waals surface area contributed by atoms with Crippen molar-refractivity contribution in [2.45, 2.75) is 45.6 Å². The monoisotopic (exact) mass is 289 g/mol. The van der Waals surface area contributed by atoms with Crippen LogP contribution in [0.5, 0.6) is 0 Å². The first-order chi connectivity index (χ1) is 9.59. The standard InChI is InChI=1S/C17H23NOS/c1-12(2)16(14-10-6-7-11-15(14)19)18-17(20)13-8-4-3-5-9-13/h3-5,8-9,12,14,16H,6-7,10-11H2,1-2H3,(H,18,20). The number of carbonyl (C=O) groups excluding carboxylic acids is 1. The van der Waals surface area contributed by atoms with E-state index in [-0.39, 0.29) is 12.0 Å². The molecule has 0 heterocycles. The van der Waals surface area contributed by atoms with Crippen LogP contribution in [0.2, 0.25) is 0 Å². The van der Waals surface area contributed by atoms with Crippen molar-refractivity contribution in [1.29, 1.82) is 0 Å². The average molecular weight is 289 g/mol. The van der Waals surface area contributed by atoms with Crippen molar-refractivity contribution in [3.63, 3.8) is 0 Å². The lowest BCUT2D eigenvalue weighted by atomic mass is 9.78. The normalized spacial score (nSPS) is 20.8. The Morgan fingerprint density at radius 3 is 2.55 bits per heavy atom. The average Bonchev–Trinajstić information content (AvgIpc) is 2.46. The zero-order valence-electron chi connectivity index (χ0n) is 12.3. The van der Waals surface area contributed by atoms with Crippen LogP contribution in [0, 0.1) is 11.8 Å². The predicted octanol–water partition coefficient (Wildman–Crippen LogP) is 3.74. The third-order valence-electron chi connectivity index (χ3n) is 4.09. The predicted molar refractivity (Wildman–Crippen MR) is 86.9 cm³/mol.